The summed E-state index contributed by atoms with van der Waals surface area (Å²) in [6.45, 7) is 1.76. The van der Waals surface area contributed by atoms with E-state index < -0.39 is 0 Å². The highest BCUT2D eigenvalue weighted by Gasteiger charge is 2.23. The molecule has 1 amide bonds. The summed E-state index contributed by atoms with van der Waals surface area (Å²) >= 11 is 0. The minimum atomic E-state index is 0.175. The van der Waals surface area contributed by atoms with Crippen LogP contribution in [0.4, 0.5) is 0 Å². The molecular weight excluding hydrogens is 258 g/mol. The molecule has 2 aromatic carbocycles. The average molecular weight is 279 g/mol. The lowest BCUT2D eigenvalue weighted by Crippen LogP contribution is -2.38. The van der Waals surface area contributed by atoms with Crippen LogP contribution in [0.5, 0.6) is 0 Å². The van der Waals surface area contributed by atoms with Crippen molar-refractivity contribution in [3.63, 3.8) is 0 Å². The molecule has 0 N–H and O–H groups in total. The van der Waals surface area contributed by atoms with Gasteiger partial charge in [0.05, 0.1) is 0 Å². The molecule has 0 atom stereocenters. The number of nitrogens with zero attached hydrogens (tertiary/aromatic N) is 1. The highest BCUT2D eigenvalue weighted by molar-refractivity contribution is 5.94. The highest BCUT2D eigenvalue weighted by atomic mass is 16.2. The number of hydrogen-bond acceptors (Lipinski definition) is 1. The molecule has 2 heteroatoms. The number of hydrogen-bond donors (Lipinski definition) is 0. The topological polar surface area (TPSA) is 20.3 Å². The van der Waals surface area contributed by atoms with Gasteiger partial charge in [0.2, 0.25) is 0 Å². The molecule has 0 bridgehead atoms. The van der Waals surface area contributed by atoms with Gasteiger partial charge < -0.3 is 4.90 Å². The Morgan fingerprint density at radius 2 is 1.48 bits per heavy atom. The van der Waals surface area contributed by atoms with Crippen molar-refractivity contribution in [2.45, 2.75) is 19.3 Å². The molecule has 1 heterocycles. The quantitative estimate of drug-likeness (QED) is 0.837. The maximum absolute atomic E-state index is 12.4. The lowest BCUT2D eigenvalue weighted by molar-refractivity contribution is 0.0690. The maximum Gasteiger partial charge on any atom is 0.253 e. The first kappa shape index (κ1) is 13.9. The summed E-state index contributed by atoms with van der Waals surface area (Å²) in [6.07, 6.45) is 3.34. The van der Waals surface area contributed by atoms with E-state index in [1.165, 1.54) is 5.56 Å². The number of piperidine rings is 1. The molecule has 2 nitrogen and oxygen atoms in total. The second kappa shape index (κ2) is 6.57. The Bertz CT molecular complexity index is 571. The van der Waals surface area contributed by atoms with E-state index in [2.05, 4.69) is 30.3 Å². The van der Waals surface area contributed by atoms with Crippen molar-refractivity contribution in [1.29, 1.82) is 0 Å². The number of benzene rings is 2. The molecule has 1 saturated heterocycles. The van der Waals surface area contributed by atoms with Crippen molar-refractivity contribution >= 4 is 5.91 Å². The van der Waals surface area contributed by atoms with E-state index in [9.17, 15) is 4.79 Å². The molecule has 108 valence electrons. The van der Waals surface area contributed by atoms with Crippen LogP contribution in [0.1, 0.15) is 28.8 Å². The predicted molar refractivity (Wildman–Crippen MR) is 85.2 cm³/mol. The maximum atomic E-state index is 12.4. The summed E-state index contributed by atoms with van der Waals surface area (Å²) in [7, 11) is 0. The Morgan fingerprint density at radius 3 is 2.10 bits per heavy atom. The fourth-order valence-corrected chi connectivity index (χ4v) is 3.05. The number of rotatable bonds is 3. The van der Waals surface area contributed by atoms with Crippen LogP contribution in [0.3, 0.4) is 0 Å². The zero-order valence-corrected chi connectivity index (χ0v) is 12.2. The number of carbonyl (C=O) groups is 1. The van der Waals surface area contributed by atoms with Gasteiger partial charge in [-0.15, -0.1) is 0 Å². The SMILES string of the molecule is O=C(c1ccccc1)N1CCC(Cc2ccccc2)CC1. The zero-order valence-electron chi connectivity index (χ0n) is 12.2. The summed E-state index contributed by atoms with van der Waals surface area (Å²) in [4.78, 5) is 14.4. The lowest BCUT2D eigenvalue weighted by atomic mass is 9.90. The standard InChI is InChI=1S/C19H21NO/c21-19(18-9-5-2-6-10-18)20-13-11-17(12-14-20)15-16-7-3-1-4-8-16/h1-10,17H,11-15H2. The van der Waals surface area contributed by atoms with Crippen molar-refractivity contribution in [1.82, 2.24) is 4.90 Å². The third-order valence-electron chi connectivity index (χ3n) is 4.29. The Labute approximate surface area is 126 Å². The molecule has 0 radical (unpaired) electrons. The van der Waals surface area contributed by atoms with Crippen LogP contribution in [0, 0.1) is 5.92 Å². The minimum Gasteiger partial charge on any atom is -0.339 e. The van der Waals surface area contributed by atoms with Crippen LogP contribution < -0.4 is 0 Å². The van der Waals surface area contributed by atoms with Gasteiger partial charge in [0.25, 0.3) is 5.91 Å². The molecule has 1 aliphatic heterocycles. The summed E-state index contributed by atoms with van der Waals surface area (Å²) < 4.78 is 0. The average Bonchev–Trinajstić information content (AvgIpc) is 2.57. The largest absolute Gasteiger partial charge is 0.339 e. The van der Waals surface area contributed by atoms with E-state index in [0.29, 0.717) is 5.92 Å². The molecule has 0 aliphatic carbocycles. The molecule has 0 aromatic heterocycles. The van der Waals surface area contributed by atoms with Gasteiger partial charge in [-0.25, -0.2) is 0 Å². The zero-order chi connectivity index (χ0) is 14.5. The van der Waals surface area contributed by atoms with Gasteiger partial charge in [-0.05, 0) is 42.9 Å². The van der Waals surface area contributed by atoms with Gasteiger partial charge in [-0.3, -0.25) is 4.79 Å². The van der Waals surface area contributed by atoms with Crippen LogP contribution >= 0.6 is 0 Å². The lowest BCUT2D eigenvalue weighted by Gasteiger charge is -2.32. The van der Waals surface area contributed by atoms with E-state index in [0.717, 1.165) is 37.9 Å². The molecule has 0 saturated carbocycles. The Morgan fingerprint density at radius 1 is 0.905 bits per heavy atom. The molecule has 0 spiro atoms. The highest BCUT2D eigenvalue weighted by Crippen LogP contribution is 2.22. The minimum absolute atomic E-state index is 0.175. The van der Waals surface area contributed by atoms with Gasteiger partial charge in [0.1, 0.15) is 0 Å². The van der Waals surface area contributed by atoms with Gasteiger partial charge in [0.15, 0.2) is 0 Å². The first-order valence-corrected chi connectivity index (χ1v) is 7.71. The molecule has 2 aromatic rings. The second-order valence-electron chi connectivity index (χ2n) is 5.79. The molecule has 3 rings (SSSR count). The van der Waals surface area contributed by atoms with E-state index in [-0.39, 0.29) is 5.91 Å². The van der Waals surface area contributed by atoms with Gasteiger partial charge in [-0.2, -0.15) is 0 Å². The molecule has 1 fully saturated rings. The Balaban J connectivity index is 1.54. The first-order valence-electron chi connectivity index (χ1n) is 7.71. The fourth-order valence-electron chi connectivity index (χ4n) is 3.05. The van der Waals surface area contributed by atoms with E-state index >= 15 is 0 Å². The van der Waals surface area contributed by atoms with Crippen molar-refractivity contribution < 1.29 is 4.79 Å². The number of amides is 1. The van der Waals surface area contributed by atoms with Crippen molar-refractivity contribution in [3.05, 3.63) is 71.8 Å². The summed E-state index contributed by atoms with van der Waals surface area (Å²) in [5.41, 5.74) is 2.21. The molecule has 1 aliphatic rings. The van der Waals surface area contributed by atoms with Gasteiger partial charge in [-0.1, -0.05) is 48.5 Å². The third-order valence-corrected chi connectivity index (χ3v) is 4.29. The van der Waals surface area contributed by atoms with Gasteiger partial charge >= 0.3 is 0 Å². The molecular formula is C19H21NO. The van der Waals surface area contributed by atoms with Crippen LogP contribution in [0.15, 0.2) is 60.7 Å². The second-order valence-corrected chi connectivity index (χ2v) is 5.79. The van der Waals surface area contributed by atoms with Crippen LogP contribution in [-0.2, 0) is 6.42 Å². The number of carbonyl (C=O) groups excluding carboxylic acids is 1. The summed E-state index contributed by atoms with van der Waals surface area (Å²) in [6, 6.07) is 20.3. The normalized spacial score (nSPS) is 15.9. The van der Waals surface area contributed by atoms with E-state index in [4.69, 9.17) is 0 Å². The monoisotopic (exact) mass is 279 g/mol. The smallest absolute Gasteiger partial charge is 0.253 e. The van der Waals surface area contributed by atoms with Gasteiger partial charge in [0, 0.05) is 18.7 Å². The first-order chi connectivity index (χ1) is 10.3. The summed E-state index contributed by atoms with van der Waals surface area (Å²) in [5, 5.41) is 0. The number of likely N-dealkylation sites (tertiary alicyclic amines) is 1. The van der Waals surface area contributed by atoms with E-state index in [1.54, 1.807) is 0 Å². The van der Waals surface area contributed by atoms with E-state index in [1.807, 2.05) is 35.2 Å². The molecule has 21 heavy (non-hydrogen) atoms. The molecule has 0 unspecified atom stereocenters. The van der Waals surface area contributed by atoms with Crippen molar-refractivity contribution in [2.75, 3.05) is 13.1 Å². The fraction of sp³-hybridized carbons (Fsp3) is 0.316. The summed E-state index contributed by atoms with van der Waals surface area (Å²) in [5.74, 6) is 0.876. The predicted octanol–water partition coefficient (Wildman–Crippen LogP) is 3.78. The van der Waals surface area contributed by atoms with Crippen LogP contribution in [-0.4, -0.2) is 23.9 Å². The third kappa shape index (κ3) is 3.52. The van der Waals surface area contributed by atoms with Crippen molar-refractivity contribution in [2.24, 2.45) is 5.92 Å². The van der Waals surface area contributed by atoms with Crippen molar-refractivity contribution in [3.8, 4) is 0 Å². The Hall–Kier alpha value is -2.09. The Kier molecular flexibility index (Phi) is 4.34. The van der Waals surface area contributed by atoms with Crippen LogP contribution in [0.25, 0.3) is 0 Å². The van der Waals surface area contributed by atoms with Crippen LogP contribution in [0.2, 0.25) is 0 Å².